The number of halogens is 2. The molecule has 1 N–H and O–H groups in total. The molecule has 0 saturated carbocycles. The van der Waals surface area contributed by atoms with Gasteiger partial charge in [0.2, 0.25) is 0 Å². The summed E-state index contributed by atoms with van der Waals surface area (Å²) in [7, 11) is 1.68. The molecule has 0 aliphatic carbocycles. The normalized spacial score (nSPS) is 19.8. The van der Waals surface area contributed by atoms with Gasteiger partial charge in [-0.3, -0.25) is 4.79 Å². The number of benzene rings is 1. The maximum atomic E-state index is 13.6. The molecule has 1 aromatic rings. The van der Waals surface area contributed by atoms with Crippen LogP contribution in [0.5, 0.6) is 0 Å². The van der Waals surface area contributed by atoms with Crippen molar-refractivity contribution in [2.75, 3.05) is 20.1 Å². The van der Waals surface area contributed by atoms with E-state index in [4.69, 9.17) is 0 Å². The van der Waals surface area contributed by atoms with Gasteiger partial charge in [0.1, 0.15) is 11.6 Å². The summed E-state index contributed by atoms with van der Waals surface area (Å²) in [5.74, 6) is -1.86. The molecule has 0 aromatic heterocycles. The second kappa shape index (κ2) is 6.10. The van der Waals surface area contributed by atoms with Crippen LogP contribution in [0, 0.1) is 11.6 Å². The molecule has 5 heteroatoms. The highest BCUT2D eigenvalue weighted by Crippen LogP contribution is 2.17. The molecule has 1 atom stereocenters. The Morgan fingerprint density at radius 2 is 2.11 bits per heavy atom. The van der Waals surface area contributed by atoms with Crippen LogP contribution in [0.4, 0.5) is 8.78 Å². The van der Waals surface area contributed by atoms with E-state index < -0.39 is 11.6 Å². The van der Waals surface area contributed by atoms with E-state index in [1.165, 1.54) is 6.07 Å². The molecule has 1 amide bonds. The van der Waals surface area contributed by atoms with Gasteiger partial charge in [0.05, 0.1) is 5.56 Å². The van der Waals surface area contributed by atoms with E-state index in [0.717, 1.165) is 44.5 Å². The lowest BCUT2D eigenvalue weighted by molar-refractivity contribution is 0.0715. The number of rotatable bonds is 2. The first-order chi connectivity index (χ1) is 9.09. The average molecular weight is 268 g/mol. The topological polar surface area (TPSA) is 32.3 Å². The number of hydrogen-bond donors (Lipinski definition) is 1. The van der Waals surface area contributed by atoms with Crippen molar-refractivity contribution in [2.24, 2.45) is 0 Å². The molecule has 1 aliphatic heterocycles. The molecule has 0 bridgehead atoms. The van der Waals surface area contributed by atoms with Crippen LogP contribution < -0.4 is 5.32 Å². The Hall–Kier alpha value is -1.49. The summed E-state index contributed by atoms with van der Waals surface area (Å²) in [6, 6.07) is 3.17. The van der Waals surface area contributed by atoms with Gasteiger partial charge in [0.15, 0.2) is 0 Å². The van der Waals surface area contributed by atoms with Crippen molar-refractivity contribution >= 4 is 5.91 Å². The highest BCUT2D eigenvalue weighted by Gasteiger charge is 2.24. The van der Waals surface area contributed by atoms with Crippen molar-refractivity contribution in [2.45, 2.75) is 25.3 Å². The zero-order valence-electron chi connectivity index (χ0n) is 11.0. The summed E-state index contributed by atoms with van der Waals surface area (Å²) in [4.78, 5) is 13.8. The third kappa shape index (κ3) is 3.29. The van der Waals surface area contributed by atoms with Gasteiger partial charge in [0.25, 0.3) is 5.91 Å². The van der Waals surface area contributed by atoms with Gasteiger partial charge >= 0.3 is 0 Å². The van der Waals surface area contributed by atoms with E-state index in [0.29, 0.717) is 0 Å². The van der Waals surface area contributed by atoms with Gasteiger partial charge in [-0.05, 0) is 44.5 Å². The first-order valence-corrected chi connectivity index (χ1v) is 6.52. The Morgan fingerprint density at radius 1 is 1.32 bits per heavy atom. The van der Waals surface area contributed by atoms with Crippen LogP contribution in [-0.2, 0) is 0 Å². The van der Waals surface area contributed by atoms with Gasteiger partial charge in [-0.2, -0.15) is 0 Å². The summed E-state index contributed by atoms with van der Waals surface area (Å²) in [5.41, 5.74) is -0.0684. The monoisotopic (exact) mass is 268 g/mol. The van der Waals surface area contributed by atoms with Crippen LogP contribution in [-0.4, -0.2) is 37.0 Å². The van der Waals surface area contributed by atoms with E-state index in [9.17, 15) is 13.6 Å². The zero-order chi connectivity index (χ0) is 13.8. The molecule has 1 saturated heterocycles. The fraction of sp³-hybridized carbons (Fsp3) is 0.500. The summed E-state index contributed by atoms with van der Waals surface area (Å²) in [6.07, 6.45) is 2.75. The van der Waals surface area contributed by atoms with E-state index in [-0.39, 0.29) is 17.5 Å². The largest absolute Gasteiger partial charge is 0.339 e. The van der Waals surface area contributed by atoms with Crippen LogP contribution in [0.2, 0.25) is 0 Å². The fourth-order valence-electron chi connectivity index (χ4n) is 2.41. The van der Waals surface area contributed by atoms with E-state index in [1.54, 1.807) is 11.9 Å². The molecule has 1 aromatic carbocycles. The lowest BCUT2D eigenvalue weighted by atomic mass is 10.1. The minimum Gasteiger partial charge on any atom is -0.339 e. The molecule has 1 fully saturated rings. The maximum Gasteiger partial charge on any atom is 0.256 e. The Morgan fingerprint density at radius 3 is 2.84 bits per heavy atom. The van der Waals surface area contributed by atoms with E-state index >= 15 is 0 Å². The summed E-state index contributed by atoms with van der Waals surface area (Å²) < 4.78 is 26.5. The highest BCUT2D eigenvalue weighted by molar-refractivity contribution is 5.94. The van der Waals surface area contributed by atoms with Crippen LogP contribution in [0.3, 0.4) is 0 Å². The zero-order valence-corrected chi connectivity index (χ0v) is 11.0. The number of nitrogens with one attached hydrogen (secondary N) is 1. The van der Waals surface area contributed by atoms with Crippen LogP contribution in [0.15, 0.2) is 18.2 Å². The fourth-order valence-corrected chi connectivity index (χ4v) is 2.41. The first kappa shape index (κ1) is 13.9. The Labute approximate surface area is 111 Å². The van der Waals surface area contributed by atoms with Crippen molar-refractivity contribution in [1.29, 1.82) is 0 Å². The molecule has 0 radical (unpaired) electrons. The SMILES string of the molecule is CN(C(=O)c1ccc(F)cc1F)C1CCCNCC1. The molecule has 1 unspecified atom stereocenters. The molecular formula is C14H18F2N2O. The minimum atomic E-state index is -0.802. The van der Waals surface area contributed by atoms with E-state index in [1.807, 2.05) is 0 Å². The number of amides is 1. The lowest BCUT2D eigenvalue weighted by Crippen LogP contribution is -2.38. The summed E-state index contributed by atoms with van der Waals surface area (Å²) in [6.45, 7) is 1.80. The van der Waals surface area contributed by atoms with Crippen molar-refractivity contribution in [3.63, 3.8) is 0 Å². The Bertz CT molecular complexity index is 457. The van der Waals surface area contributed by atoms with Gasteiger partial charge in [-0.15, -0.1) is 0 Å². The Kier molecular flexibility index (Phi) is 4.47. The third-order valence-electron chi connectivity index (χ3n) is 3.57. The average Bonchev–Trinajstić information content (AvgIpc) is 2.66. The summed E-state index contributed by atoms with van der Waals surface area (Å²) in [5, 5.41) is 3.27. The van der Waals surface area contributed by atoms with E-state index in [2.05, 4.69) is 5.32 Å². The molecule has 0 spiro atoms. The molecule has 104 valence electrons. The first-order valence-electron chi connectivity index (χ1n) is 6.52. The molecular weight excluding hydrogens is 250 g/mol. The molecule has 2 rings (SSSR count). The molecule has 1 aliphatic rings. The number of carbonyl (C=O) groups is 1. The predicted molar refractivity (Wildman–Crippen MR) is 69.0 cm³/mol. The standard InChI is InChI=1S/C14H18F2N2O/c1-18(11-3-2-7-17-8-6-11)14(19)12-5-4-10(15)9-13(12)16/h4-5,9,11,17H,2-3,6-8H2,1H3. The number of hydrogen-bond acceptors (Lipinski definition) is 2. The van der Waals surface area contributed by atoms with Gasteiger partial charge in [-0.1, -0.05) is 0 Å². The smallest absolute Gasteiger partial charge is 0.256 e. The van der Waals surface area contributed by atoms with Crippen LogP contribution in [0.1, 0.15) is 29.6 Å². The quantitative estimate of drug-likeness (QED) is 0.891. The Balaban J connectivity index is 2.13. The molecule has 1 heterocycles. The lowest BCUT2D eigenvalue weighted by Gasteiger charge is -2.27. The molecule has 3 nitrogen and oxygen atoms in total. The van der Waals surface area contributed by atoms with Crippen molar-refractivity contribution in [3.8, 4) is 0 Å². The minimum absolute atomic E-state index is 0.0684. The van der Waals surface area contributed by atoms with Crippen molar-refractivity contribution in [1.82, 2.24) is 10.2 Å². The maximum absolute atomic E-state index is 13.6. The highest BCUT2D eigenvalue weighted by atomic mass is 19.1. The van der Waals surface area contributed by atoms with Crippen LogP contribution >= 0.6 is 0 Å². The summed E-state index contributed by atoms with van der Waals surface area (Å²) >= 11 is 0. The third-order valence-corrected chi connectivity index (χ3v) is 3.57. The number of nitrogens with zero attached hydrogens (tertiary/aromatic N) is 1. The molecule has 19 heavy (non-hydrogen) atoms. The van der Waals surface area contributed by atoms with Crippen molar-refractivity contribution in [3.05, 3.63) is 35.4 Å². The van der Waals surface area contributed by atoms with Crippen LogP contribution in [0.25, 0.3) is 0 Å². The predicted octanol–water partition coefficient (Wildman–Crippen LogP) is 2.18. The van der Waals surface area contributed by atoms with Gasteiger partial charge in [-0.25, -0.2) is 8.78 Å². The van der Waals surface area contributed by atoms with Crippen molar-refractivity contribution < 1.29 is 13.6 Å². The second-order valence-corrected chi connectivity index (χ2v) is 4.87. The van der Waals surface area contributed by atoms with Gasteiger partial charge < -0.3 is 10.2 Å². The van der Waals surface area contributed by atoms with Gasteiger partial charge in [0, 0.05) is 19.2 Å². The second-order valence-electron chi connectivity index (χ2n) is 4.87. The number of carbonyl (C=O) groups excluding carboxylic acids is 1.